The third-order valence-electron chi connectivity index (χ3n) is 3.15. The zero-order valence-corrected chi connectivity index (χ0v) is 14.5. The Hall–Kier alpha value is -1.61. The lowest BCUT2D eigenvalue weighted by atomic mass is 10.1. The van der Waals surface area contributed by atoms with Crippen LogP contribution in [0.1, 0.15) is 11.1 Å². The second-order valence-corrected chi connectivity index (χ2v) is 7.41. The molecule has 0 saturated heterocycles. The molecule has 1 N–H and O–H groups in total. The number of alkyl halides is 3. The fourth-order valence-electron chi connectivity index (χ4n) is 1.91. The van der Waals surface area contributed by atoms with Crippen molar-refractivity contribution in [2.24, 2.45) is 0 Å². The van der Waals surface area contributed by atoms with Gasteiger partial charge in [-0.2, -0.15) is 13.2 Å². The van der Waals surface area contributed by atoms with E-state index in [1.54, 1.807) is 24.3 Å². The summed E-state index contributed by atoms with van der Waals surface area (Å²) >= 11 is 5.72. The van der Waals surface area contributed by atoms with E-state index in [1.165, 1.54) is 24.3 Å². The molecule has 0 radical (unpaired) electrons. The topological polar surface area (TPSA) is 55.4 Å². The van der Waals surface area contributed by atoms with Crippen LogP contribution in [0.3, 0.4) is 0 Å². The molecule has 2 rings (SSSR count). The summed E-state index contributed by atoms with van der Waals surface area (Å²) in [5.74, 6) is 0. The van der Waals surface area contributed by atoms with Crippen molar-refractivity contribution in [2.45, 2.75) is 24.2 Å². The lowest BCUT2D eigenvalue weighted by Crippen LogP contribution is -2.23. The number of sulfonamides is 1. The molecule has 0 atom stereocenters. The van der Waals surface area contributed by atoms with E-state index in [0.29, 0.717) is 16.1 Å². The Bertz CT molecular complexity index is 791. The molecular formula is C16H15ClF3NO3S. The van der Waals surface area contributed by atoms with E-state index in [9.17, 15) is 21.6 Å². The summed E-state index contributed by atoms with van der Waals surface area (Å²) in [4.78, 5) is 0.0917. The molecule has 0 unspecified atom stereocenters. The molecule has 2 aromatic rings. The Labute approximate surface area is 148 Å². The predicted molar refractivity (Wildman–Crippen MR) is 87.6 cm³/mol. The summed E-state index contributed by atoms with van der Waals surface area (Å²) in [5, 5.41) is 0.433. The van der Waals surface area contributed by atoms with Crippen LogP contribution in [0.15, 0.2) is 53.4 Å². The van der Waals surface area contributed by atoms with Gasteiger partial charge in [-0.3, -0.25) is 0 Å². The van der Waals surface area contributed by atoms with Crippen LogP contribution < -0.4 is 4.72 Å². The number of nitrogens with one attached hydrogen (secondary N) is 1. The van der Waals surface area contributed by atoms with Crippen LogP contribution in [0.25, 0.3) is 0 Å². The van der Waals surface area contributed by atoms with Gasteiger partial charge in [-0.15, -0.1) is 0 Å². The monoisotopic (exact) mass is 393 g/mol. The van der Waals surface area contributed by atoms with Crippen LogP contribution in [0.4, 0.5) is 13.2 Å². The SMILES string of the molecule is O=S(=O)(NCc1ccc(COCC(F)(F)F)cc1)c1ccc(Cl)cc1. The minimum absolute atomic E-state index is 0.0502. The molecule has 25 heavy (non-hydrogen) atoms. The predicted octanol–water partition coefficient (Wildman–Crippen LogP) is 3.90. The molecule has 136 valence electrons. The summed E-state index contributed by atoms with van der Waals surface area (Å²) in [6, 6.07) is 12.2. The molecule has 4 nitrogen and oxygen atoms in total. The van der Waals surface area contributed by atoms with Gasteiger partial charge in [-0.05, 0) is 35.4 Å². The average Bonchev–Trinajstić information content (AvgIpc) is 2.53. The first kappa shape index (κ1) is 19.7. The first-order chi connectivity index (χ1) is 11.7. The number of halogens is 4. The summed E-state index contributed by atoms with van der Waals surface area (Å²) in [7, 11) is -3.67. The van der Waals surface area contributed by atoms with Crippen molar-refractivity contribution in [3.05, 3.63) is 64.7 Å². The van der Waals surface area contributed by atoms with Gasteiger partial charge in [0.25, 0.3) is 0 Å². The van der Waals surface area contributed by atoms with Crippen molar-refractivity contribution in [1.29, 1.82) is 0 Å². The highest BCUT2D eigenvalue weighted by Crippen LogP contribution is 2.16. The van der Waals surface area contributed by atoms with Crippen molar-refractivity contribution >= 4 is 21.6 Å². The highest BCUT2D eigenvalue weighted by atomic mass is 35.5. The van der Waals surface area contributed by atoms with Gasteiger partial charge >= 0.3 is 6.18 Å². The van der Waals surface area contributed by atoms with Gasteiger partial charge in [-0.1, -0.05) is 35.9 Å². The normalized spacial score (nSPS) is 12.3. The van der Waals surface area contributed by atoms with E-state index in [2.05, 4.69) is 9.46 Å². The van der Waals surface area contributed by atoms with Gasteiger partial charge in [0.2, 0.25) is 10.0 Å². The van der Waals surface area contributed by atoms with E-state index >= 15 is 0 Å². The zero-order chi connectivity index (χ0) is 18.5. The molecule has 0 aliphatic heterocycles. The molecular weight excluding hydrogens is 379 g/mol. The summed E-state index contributed by atoms with van der Waals surface area (Å²) in [5.41, 5.74) is 1.23. The Balaban J connectivity index is 1.89. The fourth-order valence-corrected chi connectivity index (χ4v) is 3.06. The van der Waals surface area contributed by atoms with E-state index in [4.69, 9.17) is 11.6 Å². The van der Waals surface area contributed by atoms with Crippen molar-refractivity contribution < 1.29 is 26.3 Å². The molecule has 9 heteroatoms. The molecule has 2 aromatic carbocycles. The average molecular weight is 394 g/mol. The molecule has 0 bridgehead atoms. The van der Waals surface area contributed by atoms with E-state index in [0.717, 1.165) is 0 Å². The number of hydrogen-bond donors (Lipinski definition) is 1. The van der Waals surface area contributed by atoms with E-state index in [-0.39, 0.29) is 18.0 Å². The van der Waals surface area contributed by atoms with Crippen molar-refractivity contribution in [2.75, 3.05) is 6.61 Å². The lowest BCUT2D eigenvalue weighted by Gasteiger charge is -2.09. The van der Waals surface area contributed by atoms with Gasteiger partial charge in [0.05, 0.1) is 11.5 Å². The molecule has 0 heterocycles. The molecule has 0 amide bonds. The van der Waals surface area contributed by atoms with Crippen LogP contribution in [0.5, 0.6) is 0 Å². The second-order valence-electron chi connectivity index (χ2n) is 5.20. The maximum absolute atomic E-state index is 12.1. The molecule has 0 aliphatic rings. The van der Waals surface area contributed by atoms with E-state index < -0.39 is 22.8 Å². The maximum atomic E-state index is 12.1. The number of rotatable bonds is 7. The second kappa shape index (κ2) is 8.18. The standard InChI is InChI=1S/C16H15ClF3NO3S/c17-14-5-7-15(8-6-14)25(22,23)21-9-12-1-3-13(4-2-12)10-24-11-16(18,19)20/h1-8,21H,9-11H2. The number of hydrogen-bond acceptors (Lipinski definition) is 3. The van der Waals surface area contributed by atoms with Crippen LogP contribution >= 0.6 is 11.6 Å². The van der Waals surface area contributed by atoms with Gasteiger partial charge in [0.15, 0.2) is 0 Å². The third-order valence-corrected chi connectivity index (χ3v) is 4.82. The summed E-state index contributed by atoms with van der Waals surface area (Å²) in [6.07, 6.45) is -4.36. The molecule has 0 aliphatic carbocycles. The highest BCUT2D eigenvalue weighted by Gasteiger charge is 2.27. The first-order valence-electron chi connectivity index (χ1n) is 7.13. The minimum Gasteiger partial charge on any atom is -0.367 e. The fraction of sp³-hybridized carbons (Fsp3) is 0.250. The Morgan fingerprint density at radius 2 is 1.52 bits per heavy atom. The first-order valence-corrected chi connectivity index (χ1v) is 8.99. The van der Waals surface area contributed by atoms with Crippen molar-refractivity contribution in [1.82, 2.24) is 4.72 Å². The zero-order valence-electron chi connectivity index (χ0n) is 12.9. The van der Waals surface area contributed by atoms with Gasteiger partial charge in [-0.25, -0.2) is 13.1 Å². The van der Waals surface area contributed by atoms with Crippen LogP contribution in [0, 0.1) is 0 Å². The van der Waals surface area contributed by atoms with Gasteiger partial charge in [0, 0.05) is 11.6 Å². The smallest absolute Gasteiger partial charge is 0.367 e. The number of benzene rings is 2. The molecule has 0 aromatic heterocycles. The van der Waals surface area contributed by atoms with Crippen molar-refractivity contribution in [3.63, 3.8) is 0 Å². The Kier molecular flexibility index (Phi) is 6.45. The molecule has 0 saturated carbocycles. The number of ether oxygens (including phenoxy) is 1. The maximum Gasteiger partial charge on any atom is 0.411 e. The minimum atomic E-state index is -4.36. The third kappa shape index (κ3) is 6.66. The molecule has 0 spiro atoms. The van der Waals surface area contributed by atoms with E-state index in [1.807, 2.05) is 0 Å². The Morgan fingerprint density at radius 1 is 0.960 bits per heavy atom. The van der Waals surface area contributed by atoms with Gasteiger partial charge in [0.1, 0.15) is 6.61 Å². The Morgan fingerprint density at radius 3 is 2.08 bits per heavy atom. The summed E-state index contributed by atoms with van der Waals surface area (Å²) in [6.45, 7) is -1.43. The van der Waals surface area contributed by atoms with Gasteiger partial charge < -0.3 is 4.74 Å². The molecule has 0 fully saturated rings. The lowest BCUT2D eigenvalue weighted by molar-refractivity contribution is -0.176. The summed E-state index contributed by atoms with van der Waals surface area (Å²) < 4.78 is 67.3. The van der Waals surface area contributed by atoms with Crippen LogP contribution in [0.2, 0.25) is 5.02 Å². The quantitative estimate of drug-likeness (QED) is 0.776. The van der Waals surface area contributed by atoms with Crippen molar-refractivity contribution in [3.8, 4) is 0 Å². The van der Waals surface area contributed by atoms with Crippen LogP contribution in [-0.2, 0) is 27.9 Å². The largest absolute Gasteiger partial charge is 0.411 e. The van der Waals surface area contributed by atoms with Crippen LogP contribution in [-0.4, -0.2) is 21.2 Å². The highest BCUT2D eigenvalue weighted by molar-refractivity contribution is 7.89.